The van der Waals surface area contributed by atoms with E-state index in [1.165, 1.54) is 4.90 Å². The van der Waals surface area contributed by atoms with Crippen LogP contribution in [0.5, 0.6) is 0 Å². The molecule has 1 aliphatic heterocycles. The second-order valence-corrected chi connectivity index (χ2v) is 4.29. The lowest BCUT2D eigenvalue weighted by Gasteiger charge is -2.31. The molecule has 0 radical (unpaired) electrons. The quantitative estimate of drug-likeness (QED) is 0.692. The molecule has 5 heteroatoms. The van der Waals surface area contributed by atoms with E-state index in [9.17, 15) is 9.59 Å². The summed E-state index contributed by atoms with van der Waals surface area (Å²) in [4.78, 5) is 24.2. The number of nitrogens with zero attached hydrogens (tertiary/aromatic N) is 1. The summed E-state index contributed by atoms with van der Waals surface area (Å²) < 4.78 is 0. The van der Waals surface area contributed by atoms with Gasteiger partial charge in [-0.05, 0) is 26.7 Å². The van der Waals surface area contributed by atoms with Crippen molar-refractivity contribution in [1.82, 2.24) is 10.2 Å². The lowest BCUT2D eigenvalue weighted by Crippen LogP contribution is -2.48. The Hall–Kier alpha value is -1.26. The molecule has 0 aromatic heterocycles. The highest BCUT2D eigenvalue weighted by atomic mass is 16.2. The molecule has 0 aromatic rings. The normalized spacial score (nSPS) is 21.5. The van der Waals surface area contributed by atoms with Crippen molar-refractivity contribution >= 4 is 11.9 Å². The molecule has 86 valence electrons. The third-order valence-electron chi connectivity index (χ3n) is 2.53. The maximum absolute atomic E-state index is 11.7. The summed E-state index contributed by atoms with van der Waals surface area (Å²) in [6.45, 7) is 4.97. The number of likely N-dealkylation sites (tertiary alicyclic amines) is 1. The molecule has 3 amide bonds. The molecule has 5 nitrogen and oxygen atoms in total. The smallest absolute Gasteiger partial charge is 0.314 e. The fourth-order valence-corrected chi connectivity index (χ4v) is 1.79. The van der Waals surface area contributed by atoms with Gasteiger partial charge in [0.25, 0.3) is 0 Å². The Bertz CT molecular complexity index is 253. The first-order chi connectivity index (χ1) is 7.00. The van der Waals surface area contributed by atoms with Gasteiger partial charge in [-0.1, -0.05) is 0 Å². The largest absolute Gasteiger partial charge is 0.354 e. The maximum atomic E-state index is 11.7. The Balaban J connectivity index is 2.48. The van der Waals surface area contributed by atoms with Crippen LogP contribution < -0.4 is 11.1 Å². The molecule has 1 aliphatic rings. The average Bonchev–Trinajstić information content (AvgIpc) is 2.17. The van der Waals surface area contributed by atoms with Crippen molar-refractivity contribution in [3.05, 3.63) is 0 Å². The van der Waals surface area contributed by atoms with E-state index in [1.54, 1.807) is 0 Å². The molecule has 0 saturated carbocycles. The molecule has 0 aromatic carbocycles. The number of nitrogens with one attached hydrogen (secondary N) is 1. The van der Waals surface area contributed by atoms with Gasteiger partial charge in [-0.15, -0.1) is 0 Å². The predicted octanol–water partition coefficient (Wildman–Crippen LogP) is 0.302. The summed E-state index contributed by atoms with van der Waals surface area (Å²) in [6, 6.07) is -0.293. The van der Waals surface area contributed by atoms with Crippen LogP contribution in [0.4, 0.5) is 4.79 Å². The molecule has 1 fully saturated rings. The van der Waals surface area contributed by atoms with Crippen LogP contribution in [0, 0.1) is 5.92 Å². The van der Waals surface area contributed by atoms with Gasteiger partial charge in [0.1, 0.15) is 0 Å². The van der Waals surface area contributed by atoms with E-state index in [0.717, 1.165) is 12.8 Å². The number of rotatable bonds is 2. The van der Waals surface area contributed by atoms with E-state index < -0.39 is 6.03 Å². The topological polar surface area (TPSA) is 75.4 Å². The van der Waals surface area contributed by atoms with E-state index >= 15 is 0 Å². The number of hydrogen-bond donors (Lipinski definition) is 2. The molecule has 0 spiro atoms. The molecular weight excluding hydrogens is 194 g/mol. The molecule has 1 rings (SSSR count). The third-order valence-corrected chi connectivity index (χ3v) is 2.53. The van der Waals surface area contributed by atoms with Gasteiger partial charge in [-0.25, -0.2) is 4.79 Å². The number of nitrogens with two attached hydrogens (primary N) is 1. The standard InChI is InChI=1S/C10H19N3O2/c1-7(2)12-9(14)8-4-3-5-13(6-8)10(11)15/h7-8H,3-6H2,1-2H3,(H2,11,15)(H,12,14). The van der Waals surface area contributed by atoms with Crippen LogP contribution in [0.2, 0.25) is 0 Å². The fourth-order valence-electron chi connectivity index (χ4n) is 1.79. The van der Waals surface area contributed by atoms with Crippen LogP contribution in [0.1, 0.15) is 26.7 Å². The molecule has 3 N–H and O–H groups in total. The van der Waals surface area contributed by atoms with Gasteiger partial charge in [0.2, 0.25) is 5.91 Å². The summed E-state index contributed by atoms with van der Waals surface area (Å²) in [5, 5.41) is 2.85. The number of hydrogen-bond acceptors (Lipinski definition) is 2. The van der Waals surface area contributed by atoms with Crippen molar-refractivity contribution in [1.29, 1.82) is 0 Å². The van der Waals surface area contributed by atoms with Crippen molar-refractivity contribution in [3.63, 3.8) is 0 Å². The van der Waals surface area contributed by atoms with Crippen molar-refractivity contribution in [2.75, 3.05) is 13.1 Å². The van der Waals surface area contributed by atoms with Gasteiger partial charge in [0, 0.05) is 19.1 Å². The van der Waals surface area contributed by atoms with Crippen LogP contribution in [0.3, 0.4) is 0 Å². The summed E-state index contributed by atoms with van der Waals surface area (Å²) in [6.07, 6.45) is 1.68. The van der Waals surface area contributed by atoms with Gasteiger partial charge in [-0.2, -0.15) is 0 Å². The van der Waals surface area contributed by atoms with Gasteiger partial charge in [-0.3, -0.25) is 4.79 Å². The highest BCUT2D eigenvalue weighted by Crippen LogP contribution is 2.16. The molecule has 1 saturated heterocycles. The molecule has 15 heavy (non-hydrogen) atoms. The first-order valence-electron chi connectivity index (χ1n) is 5.35. The Morgan fingerprint density at radius 1 is 1.47 bits per heavy atom. The first-order valence-corrected chi connectivity index (χ1v) is 5.35. The summed E-state index contributed by atoms with van der Waals surface area (Å²) in [5.41, 5.74) is 5.19. The number of primary amides is 1. The summed E-state index contributed by atoms with van der Waals surface area (Å²) in [7, 11) is 0. The molecule has 1 atom stereocenters. The van der Waals surface area contributed by atoms with Crippen molar-refractivity contribution in [2.24, 2.45) is 11.7 Å². The Labute approximate surface area is 90.0 Å². The summed E-state index contributed by atoms with van der Waals surface area (Å²) in [5.74, 6) is -0.0791. The van der Waals surface area contributed by atoms with Crippen LogP contribution in [-0.4, -0.2) is 36.0 Å². The lowest BCUT2D eigenvalue weighted by atomic mass is 9.97. The highest BCUT2D eigenvalue weighted by molar-refractivity contribution is 5.80. The zero-order valence-electron chi connectivity index (χ0n) is 9.32. The molecule has 0 aliphatic carbocycles. The average molecular weight is 213 g/mol. The van der Waals surface area contributed by atoms with Crippen LogP contribution in [0.25, 0.3) is 0 Å². The molecular formula is C10H19N3O2. The lowest BCUT2D eigenvalue weighted by molar-refractivity contribution is -0.126. The first kappa shape index (κ1) is 11.8. The highest BCUT2D eigenvalue weighted by Gasteiger charge is 2.27. The second kappa shape index (κ2) is 5.00. The minimum atomic E-state index is -0.433. The van der Waals surface area contributed by atoms with Crippen molar-refractivity contribution in [2.45, 2.75) is 32.7 Å². The Kier molecular flexibility index (Phi) is 3.94. The van der Waals surface area contributed by atoms with Gasteiger partial charge in [0.05, 0.1) is 5.92 Å². The van der Waals surface area contributed by atoms with Crippen LogP contribution in [0.15, 0.2) is 0 Å². The van der Waals surface area contributed by atoms with E-state index in [4.69, 9.17) is 5.73 Å². The number of piperidine rings is 1. The van der Waals surface area contributed by atoms with Crippen LogP contribution in [-0.2, 0) is 4.79 Å². The Morgan fingerprint density at radius 3 is 2.67 bits per heavy atom. The Morgan fingerprint density at radius 2 is 2.13 bits per heavy atom. The fraction of sp³-hybridized carbons (Fsp3) is 0.800. The SMILES string of the molecule is CC(C)NC(=O)C1CCCN(C(N)=O)C1. The van der Waals surface area contributed by atoms with Crippen LogP contribution >= 0.6 is 0 Å². The number of carbonyl (C=O) groups excluding carboxylic acids is 2. The molecule has 1 heterocycles. The number of urea groups is 1. The van der Waals surface area contributed by atoms with Gasteiger partial charge in [0.15, 0.2) is 0 Å². The third kappa shape index (κ3) is 3.42. The van der Waals surface area contributed by atoms with Crippen molar-refractivity contribution in [3.8, 4) is 0 Å². The van der Waals surface area contributed by atoms with Gasteiger partial charge < -0.3 is 16.0 Å². The molecule has 1 unspecified atom stereocenters. The number of carbonyl (C=O) groups is 2. The monoisotopic (exact) mass is 213 g/mol. The predicted molar refractivity (Wildman–Crippen MR) is 57.2 cm³/mol. The van der Waals surface area contributed by atoms with Crippen molar-refractivity contribution < 1.29 is 9.59 Å². The zero-order chi connectivity index (χ0) is 11.4. The second-order valence-electron chi connectivity index (χ2n) is 4.29. The zero-order valence-corrected chi connectivity index (χ0v) is 9.32. The van der Waals surface area contributed by atoms with E-state index in [-0.39, 0.29) is 17.9 Å². The van der Waals surface area contributed by atoms with E-state index in [1.807, 2.05) is 13.8 Å². The van der Waals surface area contributed by atoms with E-state index in [0.29, 0.717) is 13.1 Å². The molecule has 0 bridgehead atoms. The number of amides is 3. The maximum Gasteiger partial charge on any atom is 0.314 e. The van der Waals surface area contributed by atoms with E-state index in [2.05, 4.69) is 5.32 Å². The summed E-state index contributed by atoms with van der Waals surface area (Å²) >= 11 is 0. The minimum absolute atomic E-state index is 0.0240. The minimum Gasteiger partial charge on any atom is -0.354 e. The van der Waals surface area contributed by atoms with Gasteiger partial charge >= 0.3 is 6.03 Å².